The van der Waals surface area contributed by atoms with E-state index in [9.17, 15) is 0 Å². The van der Waals surface area contributed by atoms with Crippen LogP contribution in [-0.4, -0.2) is 22.2 Å². The van der Waals surface area contributed by atoms with Gasteiger partial charge < -0.3 is 16.4 Å². The van der Waals surface area contributed by atoms with Gasteiger partial charge in [0.05, 0.1) is 0 Å². The van der Waals surface area contributed by atoms with Crippen LogP contribution in [0.4, 0.5) is 0 Å². The van der Waals surface area contributed by atoms with Gasteiger partial charge in [0.2, 0.25) is 0 Å². The van der Waals surface area contributed by atoms with E-state index in [2.05, 4.69) is 0 Å². The molecule has 0 aliphatic carbocycles. The number of rotatable bonds is 0. The van der Waals surface area contributed by atoms with E-state index in [1.165, 1.54) is 0 Å². The van der Waals surface area contributed by atoms with Crippen LogP contribution in [0.2, 0.25) is 0 Å². The average Bonchev–Trinajstić information content (AvgIpc) is 1.36. The molecular formula is C3H5NO4. The van der Waals surface area contributed by atoms with E-state index < -0.39 is 11.9 Å². The molecule has 8 heavy (non-hydrogen) atoms. The Morgan fingerprint density at radius 3 is 1.12 bits per heavy atom. The van der Waals surface area contributed by atoms with Gasteiger partial charge in [-0.15, -0.1) is 0 Å². The second-order valence-corrected chi connectivity index (χ2v) is 0.610. The summed E-state index contributed by atoms with van der Waals surface area (Å²) in [6.45, 7) is 0. The third kappa shape index (κ3) is 8.86. The normalized spacial score (nSPS) is 5.50. The Morgan fingerprint density at radius 2 is 1.12 bits per heavy atom. The highest BCUT2D eigenvalue weighted by Gasteiger charge is 2.04. The van der Waals surface area contributed by atoms with Crippen LogP contribution >= 0.6 is 0 Å². The molecule has 4 radical (unpaired) electrons. The van der Waals surface area contributed by atoms with Crippen LogP contribution in [0.25, 0.3) is 0 Å². The summed E-state index contributed by atoms with van der Waals surface area (Å²) >= 11 is 0. The SMILES string of the molecule is N.O=C(O)C(=O)O.[C]. The highest BCUT2D eigenvalue weighted by atomic mass is 16.4. The van der Waals surface area contributed by atoms with Gasteiger partial charge >= 0.3 is 11.9 Å². The maximum atomic E-state index is 9.10. The number of carbonyl (C=O) groups is 2. The van der Waals surface area contributed by atoms with Crippen LogP contribution in [0.1, 0.15) is 0 Å². The van der Waals surface area contributed by atoms with Gasteiger partial charge in [-0.05, 0) is 0 Å². The minimum atomic E-state index is -1.82. The minimum Gasteiger partial charge on any atom is -0.473 e. The molecule has 0 saturated heterocycles. The number of hydrogen-bond donors (Lipinski definition) is 3. The topological polar surface area (TPSA) is 110 Å². The van der Waals surface area contributed by atoms with Crippen molar-refractivity contribution in [3.63, 3.8) is 0 Å². The van der Waals surface area contributed by atoms with E-state index in [-0.39, 0.29) is 13.6 Å². The lowest BCUT2D eigenvalue weighted by atomic mass is 10.7. The maximum Gasteiger partial charge on any atom is 0.414 e. The van der Waals surface area contributed by atoms with Crippen LogP contribution in [0.3, 0.4) is 0 Å². The Hall–Kier alpha value is -1.10. The first-order valence-electron chi connectivity index (χ1n) is 1.11. The summed E-state index contributed by atoms with van der Waals surface area (Å²) < 4.78 is 0. The van der Waals surface area contributed by atoms with Crippen molar-refractivity contribution in [1.29, 1.82) is 0 Å². The first-order chi connectivity index (χ1) is 2.64. The van der Waals surface area contributed by atoms with Crippen molar-refractivity contribution in [3.05, 3.63) is 7.43 Å². The molecule has 46 valence electrons. The fourth-order valence-corrected chi connectivity index (χ4v) is 0. The van der Waals surface area contributed by atoms with E-state index in [0.29, 0.717) is 0 Å². The van der Waals surface area contributed by atoms with E-state index in [0.717, 1.165) is 0 Å². The number of aliphatic carboxylic acids is 2. The zero-order chi connectivity index (χ0) is 5.15. The number of carboxylic acid groups (broad SMARTS) is 2. The molecule has 5 N–H and O–H groups in total. The maximum absolute atomic E-state index is 9.10. The molecule has 0 saturated carbocycles. The summed E-state index contributed by atoms with van der Waals surface area (Å²) in [5.74, 6) is -3.65. The summed E-state index contributed by atoms with van der Waals surface area (Å²) in [5.41, 5.74) is 0. The van der Waals surface area contributed by atoms with Gasteiger partial charge in [0, 0.05) is 7.43 Å². The van der Waals surface area contributed by atoms with E-state index >= 15 is 0 Å². The molecule has 5 heteroatoms. The Bertz CT molecular complexity index is 77.3. The minimum absolute atomic E-state index is 0. The third-order valence-electron chi connectivity index (χ3n) is 0.183. The summed E-state index contributed by atoms with van der Waals surface area (Å²) in [6, 6.07) is 0. The van der Waals surface area contributed by atoms with Crippen molar-refractivity contribution >= 4 is 11.9 Å². The Morgan fingerprint density at radius 1 is 1.00 bits per heavy atom. The Balaban J connectivity index is -0.000000125. The predicted molar refractivity (Wildman–Crippen MR) is 23.5 cm³/mol. The molecule has 0 fully saturated rings. The fourth-order valence-electron chi connectivity index (χ4n) is 0. The van der Waals surface area contributed by atoms with Crippen LogP contribution in [0.15, 0.2) is 0 Å². The smallest absolute Gasteiger partial charge is 0.414 e. The summed E-state index contributed by atoms with van der Waals surface area (Å²) in [5, 5.41) is 14.8. The monoisotopic (exact) mass is 119 g/mol. The van der Waals surface area contributed by atoms with Gasteiger partial charge in [-0.25, -0.2) is 9.59 Å². The average molecular weight is 119 g/mol. The second-order valence-electron chi connectivity index (χ2n) is 0.610. The molecule has 5 nitrogen and oxygen atoms in total. The molecule has 0 aromatic carbocycles. The molecule has 0 amide bonds. The molecule has 0 atom stereocenters. The molecular weight excluding hydrogens is 114 g/mol. The lowest BCUT2D eigenvalue weighted by Gasteiger charge is -1.72. The van der Waals surface area contributed by atoms with Gasteiger partial charge in [-0.2, -0.15) is 0 Å². The highest BCUT2D eigenvalue weighted by molar-refractivity contribution is 6.27. The summed E-state index contributed by atoms with van der Waals surface area (Å²) in [6.07, 6.45) is 0. The zero-order valence-electron chi connectivity index (χ0n) is 3.92. The van der Waals surface area contributed by atoms with Gasteiger partial charge in [0.15, 0.2) is 0 Å². The van der Waals surface area contributed by atoms with Crippen LogP contribution in [-0.2, 0) is 9.59 Å². The molecule has 0 aliphatic heterocycles. The van der Waals surface area contributed by atoms with Gasteiger partial charge in [0.1, 0.15) is 0 Å². The second kappa shape index (κ2) is 5.90. The predicted octanol–water partition coefficient (Wildman–Crippen LogP) is -0.601. The number of hydrogen-bond acceptors (Lipinski definition) is 3. The van der Waals surface area contributed by atoms with Crippen LogP contribution in [0, 0.1) is 7.43 Å². The standard InChI is InChI=1S/C2H2O4.C.H3N/c3-1(4)2(5)6;;/h(H,3,4)(H,5,6);;1H3. The molecule has 0 rings (SSSR count). The summed E-state index contributed by atoms with van der Waals surface area (Å²) in [4.78, 5) is 18.2. The van der Waals surface area contributed by atoms with E-state index in [1.54, 1.807) is 0 Å². The van der Waals surface area contributed by atoms with Crippen LogP contribution in [0.5, 0.6) is 0 Å². The molecule has 0 spiro atoms. The van der Waals surface area contributed by atoms with Crippen molar-refractivity contribution in [1.82, 2.24) is 6.15 Å². The zero-order valence-corrected chi connectivity index (χ0v) is 3.92. The quantitative estimate of drug-likeness (QED) is 0.369. The van der Waals surface area contributed by atoms with E-state index in [4.69, 9.17) is 19.8 Å². The summed E-state index contributed by atoms with van der Waals surface area (Å²) in [7, 11) is 0. The Kier molecular flexibility index (Phi) is 11.6. The number of carboxylic acids is 2. The first-order valence-corrected chi connectivity index (χ1v) is 1.11. The largest absolute Gasteiger partial charge is 0.473 e. The van der Waals surface area contributed by atoms with Gasteiger partial charge in [-0.1, -0.05) is 0 Å². The van der Waals surface area contributed by atoms with Crippen molar-refractivity contribution < 1.29 is 19.8 Å². The lowest BCUT2D eigenvalue weighted by Crippen LogP contribution is -2.09. The Labute approximate surface area is 46.5 Å². The first kappa shape index (κ1) is 15.8. The molecule has 0 aliphatic rings. The molecule has 0 heterocycles. The van der Waals surface area contributed by atoms with Crippen molar-refractivity contribution in [3.8, 4) is 0 Å². The van der Waals surface area contributed by atoms with Gasteiger partial charge in [-0.3, -0.25) is 0 Å². The van der Waals surface area contributed by atoms with Crippen molar-refractivity contribution in [2.75, 3.05) is 0 Å². The van der Waals surface area contributed by atoms with Crippen LogP contribution < -0.4 is 6.15 Å². The fraction of sp³-hybridized carbons (Fsp3) is 0. The molecule has 0 aromatic rings. The van der Waals surface area contributed by atoms with Crippen molar-refractivity contribution in [2.45, 2.75) is 0 Å². The molecule has 0 bridgehead atoms. The van der Waals surface area contributed by atoms with E-state index in [1.807, 2.05) is 0 Å². The highest BCUT2D eigenvalue weighted by Crippen LogP contribution is 1.56. The molecule has 0 aromatic heterocycles. The molecule has 0 unspecified atom stereocenters. The van der Waals surface area contributed by atoms with Gasteiger partial charge in [0.25, 0.3) is 0 Å². The third-order valence-corrected chi connectivity index (χ3v) is 0.183. The van der Waals surface area contributed by atoms with Crippen molar-refractivity contribution in [2.24, 2.45) is 0 Å². The lowest BCUT2D eigenvalue weighted by molar-refractivity contribution is -0.159.